The van der Waals surface area contributed by atoms with E-state index in [9.17, 15) is 14.0 Å². The van der Waals surface area contributed by atoms with Crippen LogP contribution in [0.3, 0.4) is 0 Å². The van der Waals surface area contributed by atoms with Crippen LogP contribution in [0.2, 0.25) is 0 Å². The highest BCUT2D eigenvalue weighted by molar-refractivity contribution is 6.02. The second-order valence-corrected chi connectivity index (χ2v) is 7.03. The molecular weight excluding hydrogens is 375 g/mol. The van der Waals surface area contributed by atoms with Crippen molar-refractivity contribution >= 4 is 23.3 Å². The maximum absolute atomic E-state index is 13.1. The number of hydrogen-bond acceptors (Lipinski definition) is 5. The van der Waals surface area contributed by atoms with Crippen molar-refractivity contribution in [1.82, 2.24) is 0 Å². The average molecular weight is 400 g/mol. The fraction of sp³-hybridized carbons (Fsp3) is 0.364. The highest BCUT2D eigenvalue weighted by atomic mass is 19.1. The summed E-state index contributed by atoms with van der Waals surface area (Å²) in [5.74, 6) is -1.15. The first-order chi connectivity index (χ1) is 14.0. The number of morpholine rings is 1. The Bertz CT molecular complexity index is 864. The van der Waals surface area contributed by atoms with Gasteiger partial charge in [-0.05, 0) is 41.8 Å². The number of halogens is 1. The summed E-state index contributed by atoms with van der Waals surface area (Å²) in [6.45, 7) is 4.64. The van der Waals surface area contributed by atoms with Crippen LogP contribution in [0.5, 0.6) is 0 Å². The molecule has 1 amide bonds. The molecule has 1 heterocycles. The van der Waals surface area contributed by atoms with E-state index in [2.05, 4.69) is 10.2 Å². The fourth-order valence-corrected chi connectivity index (χ4v) is 3.33. The Balaban J connectivity index is 1.73. The number of ether oxygens (including phenoxy) is 2. The third-order valence-electron chi connectivity index (χ3n) is 4.99. The van der Waals surface area contributed by atoms with E-state index >= 15 is 0 Å². The molecule has 0 bridgehead atoms. The third-order valence-corrected chi connectivity index (χ3v) is 4.99. The molecule has 0 saturated carbocycles. The number of methoxy groups -OCH3 is 1. The molecule has 1 saturated heterocycles. The normalized spacial score (nSPS) is 14.9. The van der Waals surface area contributed by atoms with Crippen LogP contribution in [-0.4, -0.2) is 45.3 Å². The third kappa shape index (κ3) is 5.32. The maximum atomic E-state index is 13.1. The van der Waals surface area contributed by atoms with Gasteiger partial charge in [0, 0.05) is 25.2 Å². The number of nitrogens with zero attached hydrogens (tertiary/aromatic N) is 1. The topological polar surface area (TPSA) is 67.9 Å². The van der Waals surface area contributed by atoms with Crippen molar-refractivity contribution in [2.24, 2.45) is 0 Å². The van der Waals surface area contributed by atoms with Crippen LogP contribution < -0.4 is 10.2 Å². The molecule has 0 aliphatic carbocycles. The van der Waals surface area contributed by atoms with Crippen molar-refractivity contribution in [2.45, 2.75) is 19.3 Å². The van der Waals surface area contributed by atoms with Gasteiger partial charge in [-0.15, -0.1) is 0 Å². The molecule has 2 aromatic carbocycles. The van der Waals surface area contributed by atoms with E-state index < -0.39 is 5.97 Å². The zero-order chi connectivity index (χ0) is 20.8. The smallest absolute Gasteiger partial charge is 0.340 e. The molecule has 1 N–H and O–H groups in total. The van der Waals surface area contributed by atoms with Gasteiger partial charge in [0.15, 0.2) is 0 Å². The minimum Gasteiger partial charge on any atom is -0.465 e. The van der Waals surface area contributed by atoms with E-state index in [-0.39, 0.29) is 24.1 Å². The molecule has 1 fully saturated rings. The van der Waals surface area contributed by atoms with Crippen molar-refractivity contribution in [2.75, 3.05) is 43.6 Å². The van der Waals surface area contributed by atoms with Gasteiger partial charge in [-0.25, -0.2) is 9.18 Å². The van der Waals surface area contributed by atoms with Crippen molar-refractivity contribution < 1.29 is 23.5 Å². The first kappa shape index (κ1) is 20.8. The average Bonchev–Trinajstić information content (AvgIpc) is 2.74. The Morgan fingerprint density at radius 1 is 1.17 bits per heavy atom. The Morgan fingerprint density at radius 2 is 1.86 bits per heavy atom. The van der Waals surface area contributed by atoms with Crippen LogP contribution in [0.15, 0.2) is 42.5 Å². The zero-order valence-corrected chi connectivity index (χ0v) is 16.6. The molecule has 1 atom stereocenters. The molecular formula is C22H25FN2O4. The molecule has 2 aromatic rings. The van der Waals surface area contributed by atoms with E-state index in [1.165, 1.54) is 19.2 Å². The number of anilines is 2. The molecule has 29 heavy (non-hydrogen) atoms. The second-order valence-electron chi connectivity index (χ2n) is 7.03. The van der Waals surface area contributed by atoms with Crippen molar-refractivity contribution in [3.05, 3.63) is 59.4 Å². The Morgan fingerprint density at radius 3 is 2.52 bits per heavy atom. The largest absolute Gasteiger partial charge is 0.465 e. The van der Waals surface area contributed by atoms with Crippen LogP contribution in [0.25, 0.3) is 0 Å². The highest BCUT2D eigenvalue weighted by Gasteiger charge is 2.19. The predicted octanol–water partition coefficient (Wildman–Crippen LogP) is 3.58. The second kappa shape index (κ2) is 9.52. The summed E-state index contributed by atoms with van der Waals surface area (Å²) in [5, 5.41) is 2.81. The van der Waals surface area contributed by atoms with E-state index in [1.807, 2.05) is 13.0 Å². The molecule has 154 valence electrons. The van der Waals surface area contributed by atoms with Crippen molar-refractivity contribution in [3.63, 3.8) is 0 Å². The first-order valence-electron chi connectivity index (χ1n) is 9.58. The van der Waals surface area contributed by atoms with Gasteiger partial charge in [0.2, 0.25) is 5.91 Å². The minimum atomic E-state index is -0.512. The van der Waals surface area contributed by atoms with Gasteiger partial charge in [0.25, 0.3) is 0 Å². The molecule has 0 spiro atoms. The molecule has 1 aliphatic heterocycles. The van der Waals surface area contributed by atoms with Crippen molar-refractivity contribution in [1.29, 1.82) is 0 Å². The Hall–Kier alpha value is -2.93. The number of esters is 1. The maximum Gasteiger partial charge on any atom is 0.340 e. The van der Waals surface area contributed by atoms with Gasteiger partial charge in [-0.3, -0.25) is 4.79 Å². The lowest BCUT2D eigenvalue weighted by Gasteiger charge is -2.29. The van der Waals surface area contributed by atoms with Gasteiger partial charge in [-0.2, -0.15) is 0 Å². The number of carbonyl (C=O) groups excluding carboxylic acids is 2. The van der Waals surface area contributed by atoms with Gasteiger partial charge in [0.05, 0.1) is 31.6 Å². The van der Waals surface area contributed by atoms with E-state index in [0.717, 1.165) is 24.3 Å². The number of amides is 1. The molecule has 1 unspecified atom stereocenters. The van der Waals surface area contributed by atoms with E-state index in [1.54, 1.807) is 24.3 Å². The Labute approximate surface area is 169 Å². The summed E-state index contributed by atoms with van der Waals surface area (Å²) in [5.41, 5.74) is 2.47. The van der Waals surface area contributed by atoms with Crippen LogP contribution in [0.4, 0.5) is 15.8 Å². The van der Waals surface area contributed by atoms with Gasteiger partial charge >= 0.3 is 5.97 Å². The zero-order valence-electron chi connectivity index (χ0n) is 16.6. The number of hydrogen-bond donors (Lipinski definition) is 1. The van der Waals surface area contributed by atoms with E-state index in [0.29, 0.717) is 24.5 Å². The van der Waals surface area contributed by atoms with Crippen LogP contribution in [0, 0.1) is 5.82 Å². The highest BCUT2D eigenvalue weighted by Crippen LogP contribution is 2.26. The summed E-state index contributed by atoms with van der Waals surface area (Å²) in [7, 11) is 1.31. The summed E-state index contributed by atoms with van der Waals surface area (Å²) >= 11 is 0. The first-order valence-corrected chi connectivity index (χ1v) is 9.58. The lowest BCUT2D eigenvalue weighted by atomic mass is 9.97. The lowest BCUT2D eigenvalue weighted by Crippen LogP contribution is -2.36. The number of rotatable bonds is 6. The van der Waals surface area contributed by atoms with Crippen LogP contribution in [-0.2, 0) is 14.3 Å². The quantitative estimate of drug-likeness (QED) is 0.751. The SMILES string of the molecule is COC(=O)c1cc(N2CCOCC2)ccc1NC(=O)CC(C)c1ccc(F)cc1. The predicted molar refractivity (Wildman–Crippen MR) is 109 cm³/mol. The standard InChI is InChI=1S/C22H25FN2O4/c1-15(16-3-5-17(23)6-4-16)13-21(26)24-20-8-7-18(14-19(20)22(27)28-2)25-9-11-29-12-10-25/h3-8,14-15H,9-13H2,1-2H3,(H,24,26). The summed E-state index contributed by atoms with van der Waals surface area (Å²) < 4.78 is 23.3. The number of benzene rings is 2. The molecule has 0 aromatic heterocycles. The van der Waals surface area contributed by atoms with E-state index in [4.69, 9.17) is 9.47 Å². The van der Waals surface area contributed by atoms with Crippen LogP contribution in [0.1, 0.15) is 35.2 Å². The molecule has 1 aliphatic rings. The summed E-state index contributed by atoms with van der Waals surface area (Å²) in [6.07, 6.45) is 0.206. The summed E-state index contributed by atoms with van der Waals surface area (Å²) in [4.78, 5) is 26.9. The number of nitrogens with one attached hydrogen (secondary N) is 1. The molecule has 6 nitrogen and oxygen atoms in total. The minimum absolute atomic E-state index is 0.0928. The lowest BCUT2D eigenvalue weighted by molar-refractivity contribution is -0.116. The van der Waals surface area contributed by atoms with Crippen LogP contribution >= 0.6 is 0 Å². The summed E-state index contributed by atoms with van der Waals surface area (Å²) in [6, 6.07) is 11.4. The van der Waals surface area contributed by atoms with Gasteiger partial charge in [0.1, 0.15) is 5.82 Å². The van der Waals surface area contributed by atoms with Crippen molar-refractivity contribution in [3.8, 4) is 0 Å². The number of carbonyl (C=O) groups is 2. The fourth-order valence-electron chi connectivity index (χ4n) is 3.33. The van der Waals surface area contributed by atoms with Gasteiger partial charge < -0.3 is 19.7 Å². The molecule has 7 heteroatoms. The van der Waals surface area contributed by atoms with Gasteiger partial charge in [-0.1, -0.05) is 19.1 Å². The molecule has 3 rings (SSSR count). The monoisotopic (exact) mass is 400 g/mol. The molecule has 0 radical (unpaired) electrons. The Kier molecular flexibility index (Phi) is 6.82.